The second kappa shape index (κ2) is 5.36. The number of rotatable bonds is 3. The third kappa shape index (κ3) is 3.25. The Kier molecular flexibility index (Phi) is 4.12. The Balaban J connectivity index is 2.61. The number of amides is 2. The number of hydrogen-bond acceptors (Lipinski definition) is 2. The monoisotopic (exact) mass is 208 g/mol. The first-order valence-electron chi connectivity index (χ1n) is 4.89. The Morgan fingerprint density at radius 3 is 2.47 bits per heavy atom. The summed E-state index contributed by atoms with van der Waals surface area (Å²) in [5.41, 5.74) is 1.56. The number of urea groups is 1. The van der Waals surface area contributed by atoms with Crippen LogP contribution in [-0.4, -0.2) is 29.6 Å². The third-order valence-corrected chi connectivity index (χ3v) is 2.21. The number of benzene rings is 1. The molecular formula is C11H16N2O2. The van der Waals surface area contributed by atoms with Crippen molar-refractivity contribution in [2.24, 2.45) is 0 Å². The normalized spacial score (nSPS) is 9.80. The van der Waals surface area contributed by atoms with Gasteiger partial charge in [-0.1, -0.05) is 12.1 Å². The number of carbonyl (C=O) groups is 1. The molecule has 15 heavy (non-hydrogen) atoms. The molecule has 0 fully saturated rings. The Morgan fingerprint density at radius 1 is 1.40 bits per heavy atom. The highest BCUT2D eigenvalue weighted by Gasteiger charge is 2.05. The van der Waals surface area contributed by atoms with E-state index >= 15 is 0 Å². The van der Waals surface area contributed by atoms with Crippen molar-refractivity contribution in [3.63, 3.8) is 0 Å². The molecule has 0 aromatic heterocycles. The van der Waals surface area contributed by atoms with Crippen molar-refractivity contribution in [3.05, 3.63) is 29.8 Å². The first kappa shape index (κ1) is 11.5. The van der Waals surface area contributed by atoms with E-state index < -0.39 is 0 Å². The molecule has 0 aliphatic heterocycles. The van der Waals surface area contributed by atoms with Crippen LogP contribution in [-0.2, 0) is 6.61 Å². The number of aliphatic hydroxyl groups is 1. The van der Waals surface area contributed by atoms with Crippen LogP contribution < -0.4 is 5.32 Å². The predicted octanol–water partition coefficient (Wildman–Crippen LogP) is 1.66. The maximum absolute atomic E-state index is 11.5. The zero-order valence-corrected chi connectivity index (χ0v) is 9.03. The van der Waals surface area contributed by atoms with Crippen molar-refractivity contribution in [1.82, 2.24) is 4.90 Å². The predicted molar refractivity (Wildman–Crippen MR) is 59.7 cm³/mol. The summed E-state index contributed by atoms with van der Waals surface area (Å²) in [6.07, 6.45) is 0. The minimum Gasteiger partial charge on any atom is -0.392 e. The van der Waals surface area contributed by atoms with E-state index in [0.29, 0.717) is 6.54 Å². The fourth-order valence-corrected chi connectivity index (χ4v) is 1.06. The number of aliphatic hydroxyl groups excluding tert-OH is 1. The Labute approximate surface area is 89.5 Å². The molecule has 1 rings (SSSR count). The summed E-state index contributed by atoms with van der Waals surface area (Å²) >= 11 is 0. The van der Waals surface area contributed by atoms with Gasteiger partial charge in [-0.15, -0.1) is 0 Å². The van der Waals surface area contributed by atoms with Crippen LogP contribution in [0.3, 0.4) is 0 Å². The zero-order chi connectivity index (χ0) is 11.3. The van der Waals surface area contributed by atoms with Crippen LogP contribution in [0.2, 0.25) is 0 Å². The zero-order valence-electron chi connectivity index (χ0n) is 9.03. The van der Waals surface area contributed by atoms with Gasteiger partial charge in [0.25, 0.3) is 0 Å². The number of nitrogens with one attached hydrogen (secondary N) is 1. The van der Waals surface area contributed by atoms with E-state index in [0.717, 1.165) is 11.3 Å². The van der Waals surface area contributed by atoms with Gasteiger partial charge in [0.05, 0.1) is 6.61 Å². The van der Waals surface area contributed by atoms with Gasteiger partial charge in [0.1, 0.15) is 0 Å². The van der Waals surface area contributed by atoms with Crippen LogP contribution >= 0.6 is 0 Å². The summed E-state index contributed by atoms with van der Waals surface area (Å²) < 4.78 is 0. The van der Waals surface area contributed by atoms with Crippen molar-refractivity contribution in [3.8, 4) is 0 Å². The van der Waals surface area contributed by atoms with Crippen molar-refractivity contribution in [2.75, 3.05) is 18.9 Å². The molecule has 0 atom stereocenters. The highest BCUT2D eigenvalue weighted by molar-refractivity contribution is 5.89. The lowest BCUT2D eigenvalue weighted by atomic mass is 10.2. The Hall–Kier alpha value is -1.55. The molecule has 0 saturated carbocycles. The minimum absolute atomic E-state index is 0.0170. The SMILES string of the molecule is CCN(C)C(=O)Nc1ccc(CO)cc1. The van der Waals surface area contributed by atoms with Gasteiger partial charge < -0.3 is 15.3 Å². The van der Waals surface area contributed by atoms with Gasteiger partial charge >= 0.3 is 6.03 Å². The number of hydrogen-bond donors (Lipinski definition) is 2. The maximum atomic E-state index is 11.5. The molecule has 0 aliphatic rings. The van der Waals surface area contributed by atoms with Gasteiger partial charge in [-0.3, -0.25) is 0 Å². The molecule has 0 heterocycles. The molecule has 1 aromatic carbocycles. The van der Waals surface area contributed by atoms with E-state index in [1.165, 1.54) is 0 Å². The van der Waals surface area contributed by atoms with Gasteiger partial charge in [-0.2, -0.15) is 0 Å². The van der Waals surface area contributed by atoms with Crippen LogP contribution in [0.5, 0.6) is 0 Å². The quantitative estimate of drug-likeness (QED) is 0.793. The molecule has 0 spiro atoms. The minimum atomic E-state index is -0.130. The van der Waals surface area contributed by atoms with Gasteiger partial charge in [0.2, 0.25) is 0 Å². The van der Waals surface area contributed by atoms with E-state index in [1.807, 2.05) is 6.92 Å². The maximum Gasteiger partial charge on any atom is 0.321 e. The highest BCUT2D eigenvalue weighted by atomic mass is 16.3. The summed E-state index contributed by atoms with van der Waals surface area (Å²) in [5.74, 6) is 0. The largest absolute Gasteiger partial charge is 0.392 e. The first-order chi connectivity index (χ1) is 7.17. The lowest BCUT2D eigenvalue weighted by molar-refractivity contribution is 0.224. The standard InChI is InChI=1S/C11H16N2O2/c1-3-13(2)11(15)12-10-6-4-9(8-14)5-7-10/h4-7,14H,3,8H2,1-2H3,(H,12,15). The van der Waals surface area contributed by atoms with Gasteiger partial charge in [-0.05, 0) is 24.6 Å². The fraction of sp³-hybridized carbons (Fsp3) is 0.364. The van der Waals surface area contributed by atoms with Gasteiger partial charge in [0.15, 0.2) is 0 Å². The molecule has 2 N–H and O–H groups in total. The lowest BCUT2D eigenvalue weighted by Crippen LogP contribution is -2.30. The van der Waals surface area contributed by atoms with Gasteiger partial charge in [0, 0.05) is 19.3 Å². The molecule has 2 amide bonds. The van der Waals surface area contributed by atoms with E-state index in [1.54, 1.807) is 36.2 Å². The lowest BCUT2D eigenvalue weighted by Gasteiger charge is -2.15. The van der Waals surface area contributed by atoms with Crippen LogP contribution in [0, 0.1) is 0 Å². The number of carbonyl (C=O) groups excluding carboxylic acids is 1. The Morgan fingerprint density at radius 2 is 2.00 bits per heavy atom. The third-order valence-electron chi connectivity index (χ3n) is 2.21. The smallest absolute Gasteiger partial charge is 0.321 e. The molecule has 0 aliphatic carbocycles. The molecule has 0 saturated heterocycles. The second-order valence-corrected chi connectivity index (χ2v) is 3.30. The van der Waals surface area contributed by atoms with Crippen LogP contribution in [0.1, 0.15) is 12.5 Å². The van der Waals surface area contributed by atoms with E-state index in [2.05, 4.69) is 5.32 Å². The molecule has 1 aromatic rings. The van der Waals surface area contributed by atoms with Crippen molar-refractivity contribution in [2.45, 2.75) is 13.5 Å². The number of nitrogens with zero attached hydrogens (tertiary/aromatic N) is 1. The molecule has 82 valence electrons. The van der Waals surface area contributed by atoms with Crippen LogP contribution in [0.15, 0.2) is 24.3 Å². The molecule has 0 bridgehead atoms. The van der Waals surface area contributed by atoms with E-state index in [9.17, 15) is 4.79 Å². The summed E-state index contributed by atoms with van der Waals surface area (Å²) in [6, 6.07) is 6.97. The average Bonchev–Trinajstić information content (AvgIpc) is 2.29. The molecule has 4 heteroatoms. The van der Waals surface area contributed by atoms with Crippen LogP contribution in [0.25, 0.3) is 0 Å². The van der Waals surface area contributed by atoms with Crippen LogP contribution in [0.4, 0.5) is 10.5 Å². The van der Waals surface area contributed by atoms with Crippen molar-refractivity contribution in [1.29, 1.82) is 0 Å². The van der Waals surface area contributed by atoms with Crippen molar-refractivity contribution >= 4 is 11.7 Å². The molecule has 4 nitrogen and oxygen atoms in total. The fourth-order valence-electron chi connectivity index (χ4n) is 1.06. The Bertz CT molecular complexity index is 322. The molecule has 0 unspecified atom stereocenters. The van der Waals surface area contributed by atoms with Gasteiger partial charge in [-0.25, -0.2) is 4.79 Å². The topological polar surface area (TPSA) is 52.6 Å². The first-order valence-corrected chi connectivity index (χ1v) is 4.89. The summed E-state index contributed by atoms with van der Waals surface area (Å²) in [7, 11) is 1.73. The van der Waals surface area contributed by atoms with Crippen molar-refractivity contribution < 1.29 is 9.90 Å². The number of anilines is 1. The summed E-state index contributed by atoms with van der Waals surface area (Å²) in [6.45, 7) is 2.60. The molecule has 0 radical (unpaired) electrons. The second-order valence-electron chi connectivity index (χ2n) is 3.30. The average molecular weight is 208 g/mol. The van der Waals surface area contributed by atoms with E-state index in [-0.39, 0.29) is 12.6 Å². The highest BCUT2D eigenvalue weighted by Crippen LogP contribution is 2.09. The summed E-state index contributed by atoms with van der Waals surface area (Å²) in [4.78, 5) is 13.0. The summed E-state index contributed by atoms with van der Waals surface area (Å²) in [5, 5.41) is 11.6. The van der Waals surface area contributed by atoms with E-state index in [4.69, 9.17) is 5.11 Å². The molecular weight excluding hydrogens is 192 g/mol.